The number of fused-ring (bicyclic) bond motifs is 1. The number of hydrogen-bond acceptors (Lipinski definition) is 8. The van der Waals surface area contributed by atoms with E-state index in [-0.39, 0.29) is 17.9 Å². The summed E-state index contributed by atoms with van der Waals surface area (Å²) in [4.78, 5) is 41.8. The molecule has 3 heterocycles. The Kier molecular flexibility index (Phi) is 6.60. The smallest absolute Gasteiger partial charge is 0.338 e. The number of carbonyl (C=O) groups is 1. The second kappa shape index (κ2) is 10.0. The van der Waals surface area contributed by atoms with Gasteiger partial charge in [0.1, 0.15) is 17.3 Å². The van der Waals surface area contributed by atoms with E-state index in [1.165, 1.54) is 41.0 Å². The van der Waals surface area contributed by atoms with E-state index in [9.17, 15) is 24.1 Å². The number of nitrogens with zero attached hydrogens (tertiary/aromatic N) is 3. The number of non-ortho nitro benzene ring substituents is 1. The normalized spacial score (nSPS) is 15.2. The molecule has 1 aliphatic heterocycles. The largest absolute Gasteiger partial charge is 0.463 e. The van der Waals surface area contributed by atoms with E-state index >= 15 is 0 Å². The molecule has 0 bridgehead atoms. The van der Waals surface area contributed by atoms with Crippen LogP contribution in [0.5, 0.6) is 0 Å². The molecule has 11 heteroatoms. The number of benzene rings is 2. The van der Waals surface area contributed by atoms with E-state index in [4.69, 9.17) is 9.15 Å². The van der Waals surface area contributed by atoms with Crippen LogP contribution in [0, 0.1) is 15.9 Å². The van der Waals surface area contributed by atoms with Crippen molar-refractivity contribution in [1.82, 2.24) is 4.57 Å². The van der Waals surface area contributed by atoms with Gasteiger partial charge in [0.25, 0.3) is 11.2 Å². The van der Waals surface area contributed by atoms with E-state index in [0.29, 0.717) is 37.7 Å². The summed E-state index contributed by atoms with van der Waals surface area (Å²) in [6, 6.07) is 14.1. The van der Waals surface area contributed by atoms with E-state index in [1.807, 2.05) is 0 Å². The predicted octanol–water partition coefficient (Wildman–Crippen LogP) is 4.11. The van der Waals surface area contributed by atoms with Crippen LogP contribution in [0.2, 0.25) is 0 Å². The van der Waals surface area contributed by atoms with Crippen LogP contribution in [0.15, 0.2) is 86.1 Å². The van der Waals surface area contributed by atoms with Gasteiger partial charge in [-0.1, -0.05) is 23.5 Å². The number of aromatic nitrogens is 1. The first-order valence-corrected chi connectivity index (χ1v) is 12.4. The van der Waals surface area contributed by atoms with Gasteiger partial charge in [-0.25, -0.2) is 14.2 Å². The van der Waals surface area contributed by atoms with Crippen LogP contribution in [0.4, 0.5) is 10.1 Å². The molecule has 38 heavy (non-hydrogen) atoms. The second-order valence-corrected chi connectivity index (χ2v) is 9.37. The molecule has 1 aliphatic rings. The summed E-state index contributed by atoms with van der Waals surface area (Å²) in [6.07, 6.45) is 1.57. The average molecular weight is 534 g/mol. The van der Waals surface area contributed by atoms with Crippen LogP contribution >= 0.6 is 11.3 Å². The van der Waals surface area contributed by atoms with Crippen LogP contribution in [-0.4, -0.2) is 22.1 Å². The van der Waals surface area contributed by atoms with Crippen molar-refractivity contribution in [3.8, 4) is 11.3 Å². The summed E-state index contributed by atoms with van der Waals surface area (Å²) >= 11 is 1.13. The minimum atomic E-state index is -0.847. The Bertz CT molecular complexity index is 1760. The lowest BCUT2D eigenvalue weighted by atomic mass is 9.96. The maximum absolute atomic E-state index is 13.7. The van der Waals surface area contributed by atoms with Gasteiger partial charge < -0.3 is 9.15 Å². The van der Waals surface area contributed by atoms with E-state index in [2.05, 4.69) is 4.99 Å². The fraction of sp³-hybridized carbons (Fsp3) is 0.148. The number of allylic oxidation sites excluding steroid dienone is 1. The maximum atomic E-state index is 13.7. The van der Waals surface area contributed by atoms with Crippen LogP contribution in [-0.2, 0) is 9.53 Å². The van der Waals surface area contributed by atoms with E-state index in [0.717, 1.165) is 11.3 Å². The molecule has 4 aromatic rings. The lowest BCUT2D eigenvalue weighted by molar-refractivity contribution is -0.384. The minimum absolute atomic E-state index is 0.0326. The quantitative estimate of drug-likeness (QED) is 0.209. The summed E-state index contributed by atoms with van der Waals surface area (Å²) in [7, 11) is 0. The molecule has 1 unspecified atom stereocenters. The highest BCUT2D eigenvalue weighted by Gasteiger charge is 2.33. The predicted molar refractivity (Wildman–Crippen MR) is 138 cm³/mol. The summed E-state index contributed by atoms with van der Waals surface area (Å²) in [6.45, 7) is 3.50. The molecule has 192 valence electrons. The second-order valence-electron chi connectivity index (χ2n) is 8.36. The molecule has 1 atom stereocenters. The van der Waals surface area contributed by atoms with Crippen LogP contribution in [0.3, 0.4) is 0 Å². The zero-order valence-electron chi connectivity index (χ0n) is 20.2. The van der Waals surface area contributed by atoms with Gasteiger partial charge in [-0.3, -0.25) is 19.5 Å². The Morgan fingerprint density at radius 1 is 1.18 bits per heavy atom. The molecule has 0 N–H and O–H groups in total. The molecule has 0 saturated carbocycles. The van der Waals surface area contributed by atoms with Gasteiger partial charge in [-0.15, -0.1) is 0 Å². The molecule has 5 rings (SSSR count). The Morgan fingerprint density at radius 2 is 1.89 bits per heavy atom. The van der Waals surface area contributed by atoms with E-state index in [1.54, 1.807) is 44.2 Å². The number of halogens is 1. The van der Waals surface area contributed by atoms with Crippen molar-refractivity contribution < 1.29 is 23.3 Å². The molecule has 0 radical (unpaired) electrons. The highest BCUT2D eigenvalue weighted by molar-refractivity contribution is 7.07. The van der Waals surface area contributed by atoms with Gasteiger partial charge in [0.05, 0.1) is 33.4 Å². The fourth-order valence-electron chi connectivity index (χ4n) is 4.21. The number of ether oxygens (including phenoxy) is 1. The highest BCUT2D eigenvalue weighted by Crippen LogP contribution is 2.31. The third kappa shape index (κ3) is 4.59. The zero-order chi connectivity index (χ0) is 27.0. The van der Waals surface area contributed by atoms with Crippen molar-refractivity contribution in [2.75, 3.05) is 6.61 Å². The van der Waals surface area contributed by atoms with Gasteiger partial charge in [0.2, 0.25) is 0 Å². The van der Waals surface area contributed by atoms with Crippen LogP contribution in [0.25, 0.3) is 17.4 Å². The van der Waals surface area contributed by atoms with Crippen molar-refractivity contribution in [1.29, 1.82) is 0 Å². The van der Waals surface area contributed by atoms with Gasteiger partial charge in [0, 0.05) is 23.8 Å². The maximum Gasteiger partial charge on any atom is 0.338 e. The Balaban J connectivity index is 1.59. The molecule has 0 spiro atoms. The standard InChI is InChI=1S/C27H20FN3O6S/c1-3-36-26(33)23-15(2)29-27-30(24(23)17-4-8-18(28)9-5-17)25(32)22(38-27)14-20-12-13-21(37-20)16-6-10-19(11-7-16)31(34)35/h4-14,24H,3H2,1-2H3/b22-14+. The topological polar surface area (TPSA) is 117 Å². The first-order valence-electron chi connectivity index (χ1n) is 11.6. The molecular weight excluding hydrogens is 513 g/mol. The number of hydrogen-bond donors (Lipinski definition) is 0. The number of nitro benzene ring substituents is 1. The molecule has 9 nitrogen and oxygen atoms in total. The molecule has 0 fully saturated rings. The van der Waals surface area contributed by atoms with Crippen molar-refractivity contribution in [3.63, 3.8) is 0 Å². The molecule has 0 saturated heterocycles. The number of esters is 1. The molecule has 0 amide bonds. The Morgan fingerprint density at radius 3 is 2.55 bits per heavy atom. The zero-order valence-corrected chi connectivity index (χ0v) is 21.0. The third-order valence-corrected chi connectivity index (χ3v) is 6.95. The van der Waals surface area contributed by atoms with E-state index < -0.39 is 28.3 Å². The van der Waals surface area contributed by atoms with Crippen LogP contribution in [0.1, 0.15) is 31.2 Å². The van der Waals surface area contributed by atoms with Crippen molar-refractivity contribution in [3.05, 3.63) is 119 Å². The summed E-state index contributed by atoms with van der Waals surface area (Å²) in [5.74, 6) is -0.177. The minimum Gasteiger partial charge on any atom is -0.463 e. The van der Waals surface area contributed by atoms with Gasteiger partial charge in [0.15, 0.2) is 4.80 Å². The lowest BCUT2D eigenvalue weighted by Gasteiger charge is -2.24. The SMILES string of the molecule is CCOC(=O)C1=C(C)N=c2s/c(=C/c3ccc(-c4ccc([N+](=O)[O-])cc4)o3)c(=O)n2C1c1ccc(F)cc1. The number of nitro groups is 1. The molecule has 2 aromatic heterocycles. The number of rotatable bonds is 6. The van der Waals surface area contributed by atoms with Gasteiger partial charge >= 0.3 is 5.97 Å². The first-order chi connectivity index (χ1) is 18.3. The van der Waals surface area contributed by atoms with Gasteiger partial charge in [-0.05, 0) is 55.8 Å². The monoisotopic (exact) mass is 533 g/mol. The highest BCUT2D eigenvalue weighted by atomic mass is 32.1. The summed E-state index contributed by atoms with van der Waals surface area (Å²) < 4.78 is 26.5. The van der Waals surface area contributed by atoms with Crippen molar-refractivity contribution in [2.45, 2.75) is 19.9 Å². The fourth-order valence-corrected chi connectivity index (χ4v) is 5.24. The molecular formula is C27H20FN3O6S. The average Bonchev–Trinajstić information content (AvgIpc) is 3.48. The van der Waals surface area contributed by atoms with Crippen LogP contribution < -0.4 is 14.9 Å². The van der Waals surface area contributed by atoms with Gasteiger partial charge in [-0.2, -0.15) is 0 Å². The Hall–Kier alpha value is -4.64. The summed E-state index contributed by atoms with van der Waals surface area (Å²) in [5.41, 5.74) is 1.36. The summed E-state index contributed by atoms with van der Waals surface area (Å²) in [5, 5.41) is 10.9. The Labute approximate surface area is 218 Å². The van der Waals surface area contributed by atoms with Crippen molar-refractivity contribution >= 4 is 29.1 Å². The third-order valence-electron chi connectivity index (χ3n) is 5.97. The number of carbonyl (C=O) groups excluding carboxylic acids is 1. The lowest BCUT2D eigenvalue weighted by Crippen LogP contribution is -2.39. The first kappa shape index (κ1) is 25.0. The molecule has 0 aliphatic carbocycles. The molecule has 2 aromatic carbocycles. The van der Waals surface area contributed by atoms with Crippen molar-refractivity contribution in [2.24, 2.45) is 4.99 Å². The number of furan rings is 1. The number of thiazole rings is 1.